The van der Waals surface area contributed by atoms with Gasteiger partial charge in [0.15, 0.2) is 0 Å². The molecule has 0 aliphatic heterocycles. The van der Waals surface area contributed by atoms with Gasteiger partial charge in [0.1, 0.15) is 6.29 Å². The number of carbonyl (C=O) groups is 2. The van der Waals surface area contributed by atoms with Gasteiger partial charge in [-0.15, -0.1) is 0 Å². The molecule has 1 atom stereocenters. The van der Waals surface area contributed by atoms with Crippen LogP contribution in [-0.4, -0.2) is 43.3 Å². The van der Waals surface area contributed by atoms with Crippen LogP contribution in [0, 0.1) is 0 Å². The Labute approximate surface area is 92.0 Å². The topological polar surface area (TPSA) is 49.4 Å². The minimum absolute atomic E-state index is 0.0269. The molecule has 0 heterocycles. The van der Waals surface area contributed by atoms with Gasteiger partial charge in [0.05, 0.1) is 0 Å². The molecule has 0 aromatic carbocycles. The van der Waals surface area contributed by atoms with E-state index in [0.29, 0.717) is 12.8 Å². The van der Waals surface area contributed by atoms with E-state index in [-0.39, 0.29) is 11.9 Å². The van der Waals surface area contributed by atoms with Crippen LogP contribution < -0.4 is 5.32 Å². The third kappa shape index (κ3) is 5.52. The van der Waals surface area contributed by atoms with E-state index in [0.717, 1.165) is 25.8 Å². The lowest BCUT2D eigenvalue weighted by Gasteiger charge is -2.22. The second-order valence-electron chi connectivity index (χ2n) is 3.57. The summed E-state index contributed by atoms with van der Waals surface area (Å²) in [5, 5.41) is 2.98. The quantitative estimate of drug-likeness (QED) is 0.608. The summed E-state index contributed by atoms with van der Waals surface area (Å²) in [5.41, 5.74) is 0. The highest BCUT2D eigenvalue weighted by Crippen LogP contribution is 2.02. The van der Waals surface area contributed by atoms with E-state index in [1.807, 2.05) is 11.8 Å². The Hall–Kier alpha value is -0.900. The molecule has 0 aromatic heterocycles. The molecule has 0 rings (SSSR count). The first-order valence-electron chi connectivity index (χ1n) is 5.58. The molecule has 0 saturated heterocycles. The zero-order chi connectivity index (χ0) is 11.7. The highest BCUT2D eigenvalue weighted by molar-refractivity contribution is 5.77. The van der Waals surface area contributed by atoms with Crippen LogP contribution in [0.5, 0.6) is 0 Å². The number of nitrogens with one attached hydrogen (secondary N) is 1. The first-order chi connectivity index (χ1) is 7.19. The predicted octanol–water partition coefficient (Wildman–Crippen LogP) is 0.812. The van der Waals surface area contributed by atoms with E-state index in [1.54, 1.807) is 7.05 Å². The molecular formula is C11H22N2O2. The van der Waals surface area contributed by atoms with Gasteiger partial charge in [-0.05, 0) is 20.4 Å². The van der Waals surface area contributed by atoms with Crippen molar-refractivity contribution in [1.82, 2.24) is 10.2 Å². The highest BCUT2D eigenvalue weighted by atomic mass is 16.2. The molecule has 1 amide bonds. The molecule has 0 fully saturated rings. The van der Waals surface area contributed by atoms with Crippen molar-refractivity contribution in [3.8, 4) is 0 Å². The SMILES string of the molecule is CCCN(CC)C(=O)CC(CC=O)NC. The van der Waals surface area contributed by atoms with Crippen LogP contribution in [0.25, 0.3) is 0 Å². The lowest BCUT2D eigenvalue weighted by atomic mass is 10.1. The second-order valence-corrected chi connectivity index (χ2v) is 3.57. The Morgan fingerprint density at radius 3 is 2.53 bits per heavy atom. The van der Waals surface area contributed by atoms with Crippen molar-refractivity contribution < 1.29 is 9.59 Å². The maximum Gasteiger partial charge on any atom is 0.224 e. The molecule has 1 unspecified atom stereocenters. The van der Waals surface area contributed by atoms with Crippen LogP contribution in [0.4, 0.5) is 0 Å². The Morgan fingerprint density at radius 2 is 2.13 bits per heavy atom. The monoisotopic (exact) mass is 214 g/mol. The minimum Gasteiger partial charge on any atom is -0.343 e. The maximum atomic E-state index is 11.8. The first kappa shape index (κ1) is 14.1. The lowest BCUT2D eigenvalue weighted by Crippen LogP contribution is -2.37. The molecule has 0 aliphatic carbocycles. The summed E-state index contributed by atoms with van der Waals surface area (Å²) in [4.78, 5) is 24.0. The van der Waals surface area contributed by atoms with Crippen molar-refractivity contribution in [3.05, 3.63) is 0 Å². The largest absolute Gasteiger partial charge is 0.343 e. The van der Waals surface area contributed by atoms with Crippen molar-refractivity contribution in [2.24, 2.45) is 0 Å². The molecule has 88 valence electrons. The normalized spacial score (nSPS) is 12.2. The zero-order valence-electron chi connectivity index (χ0n) is 9.95. The number of aldehydes is 1. The Kier molecular flexibility index (Phi) is 7.91. The van der Waals surface area contributed by atoms with Crippen LogP contribution in [0.3, 0.4) is 0 Å². The van der Waals surface area contributed by atoms with E-state index < -0.39 is 0 Å². The predicted molar refractivity (Wildman–Crippen MR) is 60.7 cm³/mol. The highest BCUT2D eigenvalue weighted by Gasteiger charge is 2.15. The van der Waals surface area contributed by atoms with Crippen LogP contribution in [-0.2, 0) is 9.59 Å². The van der Waals surface area contributed by atoms with Crippen molar-refractivity contribution in [2.75, 3.05) is 20.1 Å². The van der Waals surface area contributed by atoms with Gasteiger partial charge in [-0.1, -0.05) is 6.92 Å². The van der Waals surface area contributed by atoms with Crippen LogP contribution in [0.15, 0.2) is 0 Å². The van der Waals surface area contributed by atoms with E-state index >= 15 is 0 Å². The van der Waals surface area contributed by atoms with Gasteiger partial charge < -0.3 is 15.0 Å². The van der Waals surface area contributed by atoms with E-state index in [4.69, 9.17) is 0 Å². The average molecular weight is 214 g/mol. The Bertz CT molecular complexity index is 195. The van der Waals surface area contributed by atoms with Gasteiger partial charge in [-0.25, -0.2) is 0 Å². The number of rotatable bonds is 8. The van der Waals surface area contributed by atoms with E-state index in [9.17, 15) is 9.59 Å². The van der Waals surface area contributed by atoms with Crippen LogP contribution in [0.2, 0.25) is 0 Å². The molecule has 15 heavy (non-hydrogen) atoms. The molecule has 0 saturated carbocycles. The summed E-state index contributed by atoms with van der Waals surface area (Å²) in [7, 11) is 1.78. The van der Waals surface area contributed by atoms with Gasteiger partial charge in [-0.2, -0.15) is 0 Å². The molecule has 0 aromatic rings. The smallest absolute Gasteiger partial charge is 0.224 e. The Balaban J connectivity index is 4.11. The van der Waals surface area contributed by atoms with Gasteiger partial charge in [0.2, 0.25) is 5.91 Å². The van der Waals surface area contributed by atoms with E-state index in [2.05, 4.69) is 12.2 Å². The van der Waals surface area contributed by atoms with Crippen molar-refractivity contribution >= 4 is 12.2 Å². The van der Waals surface area contributed by atoms with Crippen molar-refractivity contribution in [3.63, 3.8) is 0 Å². The molecule has 0 spiro atoms. The van der Waals surface area contributed by atoms with Crippen LogP contribution >= 0.6 is 0 Å². The fraction of sp³-hybridized carbons (Fsp3) is 0.818. The second kappa shape index (κ2) is 8.41. The summed E-state index contributed by atoms with van der Waals surface area (Å²) < 4.78 is 0. The fourth-order valence-electron chi connectivity index (χ4n) is 1.49. The molecule has 4 heteroatoms. The lowest BCUT2D eigenvalue weighted by molar-refractivity contribution is -0.131. The van der Waals surface area contributed by atoms with E-state index in [1.165, 1.54) is 0 Å². The van der Waals surface area contributed by atoms with Crippen LogP contribution in [0.1, 0.15) is 33.1 Å². The molecule has 4 nitrogen and oxygen atoms in total. The maximum absolute atomic E-state index is 11.8. The number of nitrogens with zero attached hydrogens (tertiary/aromatic N) is 1. The summed E-state index contributed by atoms with van der Waals surface area (Å²) in [5.74, 6) is 0.126. The molecule has 0 aliphatic rings. The number of hydrogen-bond acceptors (Lipinski definition) is 3. The number of carbonyl (C=O) groups excluding carboxylic acids is 2. The number of hydrogen-bond donors (Lipinski definition) is 1. The third-order valence-corrected chi connectivity index (χ3v) is 2.44. The third-order valence-electron chi connectivity index (χ3n) is 2.44. The van der Waals surface area contributed by atoms with Crippen molar-refractivity contribution in [1.29, 1.82) is 0 Å². The summed E-state index contributed by atoms with van der Waals surface area (Å²) in [6, 6.07) is -0.0269. The molecule has 0 bridgehead atoms. The fourth-order valence-corrected chi connectivity index (χ4v) is 1.49. The minimum atomic E-state index is -0.0269. The zero-order valence-corrected chi connectivity index (χ0v) is 9.95. The Morgan fingerprint density at radius 1 is 1.47 bits per heavy atom. The van der Waals surface area contributed by atoms with Gasteiger partial charge in [0.25, 0.3) is 0 Å². The molecule has 0 radical (unpaired) electrons. The standard InChI is InChI=1S/C11H22N2O2/c1-4-7-13(5-2)11(15)9-10(12-3)6-8-14/h8,10,12H,4-7,9H2,1-3H3. The van der Waals surface area contributed by atoms with Gasteiger partial charge in [0, 0.05) is 32.0 Å². The molecule has 1 N–H and O–H groups in total. The van der Waals surface area contributed by atoms with Crippen molar-refractivity contribution in [2.45, 2.75) is 39.2 Å². The number of amides is 1. The van der Waals surface area contributed by atoms with Gasteiger partial charge in [-0.3, -0.25) is 4.79 Å². The molecular weight excluding hydrogens is 192 g/mol. The summed E-state index contributed by atoms with van der Waals surface area (Å²) in [6.07, 6.45) is 2.62. The summed E-state index contributed by atoms with van der Waals surface area (Å²) in [6.45, 7) is 5.57. The summed E-state index contributed by atoms with van der Waals surface area (Å²) >= 11 is 0. The van der Waals surface area contributed by atoms with Gasteiger partial charge >= 0.3 is 0 Å². The average Bonchev–Trinajstić information content (AvgIpc) is 2.24. The first-order valence-corrected chi connectivity index (χ1v) is 5.58.